The Bertz CT molecular complexity index is 3540. The first kappa shape index (κ1) is 38.2. The summed E-state index contributed by atoms with van der Waals surface area (Å²) >= 11 is 1.93. The summed E-state index contributed by atoms with van der Waals surface area (Å²) in [5.74, 6) is 0. The quantitative estimate of drug-likeness (QED) is 0.150. The molecule has 13 rings (SSSR count). The lowest BCUT2D eigenvalue weighted by Gasteiger charge is -2.32. The number of rotatable bonds is 8. The Labute approximate surface area is 389 Å². The first-order valence-electron chi connectivity index (χ1n) is 22.7. The summed E-state index contributed by atoms with van der Waals surface area (Å²) in [5, 5.41) is 1.32. The van der Waals surface area contributed by atoms with Crippen LogP contribution in [0.3, 0.4) is 0 Å². The van der Waals surface area contributed by atoms with Crippen molar-refractivity contribution >= 4 is 55.5 Å². The van der Waals surface area contributed by atoms with Crippen molar-refractivity contribution in [1.29, 1.82) is 0 Å². The molecule has 10 aromatic carbocycles. The molecule has 0 aliphatic heterocycles. The second kappa shape index (κ2) is 15.5. The predicted octanol–water partition coefficient (Wildman–Crippen LogP) is 17.5. The maximum atomic E-state index is 2.51. The highest BCUT2D eigenvalue weighted by atomic mass is 32.1. The van der Waals surface area contributed by atoms with E-state index in [9.17, 15) is 0 Å². The molecule has 0 saturated carbocycles. The van der Waals surface area contributed by atoms with Gasteiger partial charge in [-0.3, -0.25) is 0 Å². The Balaban J connectivity index is 1.01. The van der Waals surface area contributed by atoms with Crippen molar-refractivity contribution in [3.05, 3.63) is 277 Å². The van der Waals surface area contributed by atoms with Gasteiger partial charge in [0.15, 0.2) is 0 Å². The van der Waals surface area contributed by atoms with Crippen molar-refractivity contribution in [1.82, 2.24) is 0 Å². The molecule has 0 fully saturated rings. The van der Waals surface area contributed by atoms with Crippen LogP contribution in [0.25, 0.3) is 53.9 Å². The number of hydrogen-bond acceptors (Lipinski definition) is 3. The molecular weight excluding hydrogens is 817 g/mol. The van der Waals surface area contributed by atoms with Crippen LogP contribution in [0.5, 0.6) is 0 Å². The smallest absolute Gasteiger partial charge is 0.0741 e. The lowest BCUT2D eigenvalue weighted by molar-refractivity contribution is 0.803. The maximum Gasteiger partial charge on any atom is 0.0741 e. The Hall–Kier alpha value is -8.24. The Kier molecular flexibility index (Phi) is 8.97. The SMILES string of the molecule is c1ccc(-c2cccc(N(c3ccccc3)c3ccc4c(c3)C3(c5ccccc5-c5ccc(-c6ccc(N(c7ccccc7)c7ccccc7)cc6)cc53)c3c-4sc4ccccc34)c2)cc1. The number of para-hydroxylation sites is 3. The van der Waals surface area contributed by atoms with Crippen molar-refractivity contribution in [2.24, 2.45) is 0 Å². The monoisotopic (exact) mass is 858 g/mol. The van der Waals surface area contributed by atoms with Gasteiger partial charge in [-0.2, -0.15) is 0 Å². The van der Waals surface area contributed by atoms with Crippen molar-refractivity contribution in [2.75, 3.05) is 9.80 Å². The Morgan fingerprint density at radius 3 is 1.45 bits per heavy atom. The average Bonchev–Trinajstić information content (AvgIpc) is 4.01. The summed E-state index contributed by atoms with van der Waals surface area (Å²) in [6.07, 6.45) is 0. The van der Waals surface area contributed by atoms with Crippen molar-refractivity contribution in [3.8, 4) is 43.8 Å². The van der Waals surface area contributed by atoms with Crippen LogP contribution < -0.4 is 9.80 Å². The summed E-state index contributed by atoms with van der Waals surface area (Å²) < 4.78 is 1.32. The van der Waals surface area contributed by atoms with E-state index in [1.54, 1.807) is 0 Å². The first-order chi connectivity index (χ1) is 32.7. The van der Waals surface area contributed by atoms with E-state index in [1.165, 1.54) is 76.2 Å². The minimum absolute atomic E-state index is 0.548. The molecule has 310 valence electrons. The van der Waals surface area contributed by atoms with Gasteiger partial charge in [-0.15, -0.1) is 11.3 Å². The molecule has 1 aromatic heterocycles. The average molecular weight is 859 g/mol. The van der Waals surface area contributed by atoms with Crippen LogP contribution in [0.4, 0.5) is 34.1 Å². The number of benzene rings is 10. The highest BCUT2D eigenvalue weighted by Crippen LogP contribution is 2.67. The second-order valence-electron chi connectivity index (χ2n) is 17.2. The van der Waals surface area contributed by atoms with E-state index >= 15 is 0 Å². The second-order valence-corrected chi connectivity index (χ2v) is 18.3. The minimum atomic E-state index is -0.548. The summed E-state index contributed by atoms with van der Waals surface area (Å²) in [4.78, 5) is 6.11. The number of hydrogen-bond donors (Lipinski definition) is 0. The molecule has 0 saturated heterocycles. The van der Waals surface area contributed by atoms with E-state index < -0.39 is 5.41 Å². The van der Waals surface area contributed by atoms with Crippen LogP contribution in [0, 0.1) is 0 Å². The zero-order chi connectivity index (χ0) is 43.6. The van der Waals surface area contributed by atoms with E-state index in [0.29, 0.717) is 0 Å². The van der Waals surface area contributed by atoms with Gasteiger partial charge in [0.25, 0.3) is 0 Å². The molecule has 11 aromatic rings. The third-order valence-corrected chi connectivity index (χ3v) is 14.8. The fraction of sp³-hybridized carbons (Fsp3) is 0.0159. The highest BCUT2D eigenvalue weighted by molar-refractivity contribution is 7.22. The largest absolute Gasteiger partial charge is 0.311 e. The highest BCUT2D eigenvalue weighted by Gasteiger charge is 2.53. The molecule has 0 amide bonds. The van der Waals surface area contributed by atoms with Gasteiger partial charge in [-0.1, -0.05) is 170 Å². The van der Waals surface area contributed by atoms with Gasteiger partial charge in [0, 0.05) is 43.7 Å². The molecule has 1 heterocycles. The molecule has 0 radical (unpaired) electrons. The third kappa shape index (κ3) is 5.94. The van der Waals surface area contributed by atoms with E-state index in [4.69, 9.17) is 0 Å². The van der Waals surface area contributed by atoms with Crippen molar-refractivity contribution < 1.29 is 0 Å². The summed E-state index contributed by atoms with van der Waals surface area (Å²) in [6, 6.07) is 93.5. The van der Waals surface area contributed by atoms with Gasteiger partial charge in [-0.05, 0) is 152 Å². The van der Waals surface area contributed by atoms with E-state index in [-0.39, 0.29) is 0 Å². The van der Waals surface area contributed by atoms with Crippen molar-refractivity contribution in [3.63, 3.8) is 0 Å². The van der Waals surface area contributed by atoms with E-state index in [2.05, 4.69) is 265 Å². The molecule has 66 heavy (non-hydrogen) atoms. The van der Waals surface area contributed by atoms with Crippen LogP contribution in [-0.2, 0) is 5.41 Å². The molecule has 2 nitrogen and oxygen atoms in total. The van der Waals surface area contributed by atoms with Crippen LogP contribution in [0.1, 0.15) is 22.3 Å². The topological polar surface area (TPSA) is 6.48 Å². The number of thiophene rings is 1. The molecule has 3 heteroatoms. The van der Waals surface area contributed by atoms with Gasteiger partial charge >= 0.3 is 0 Å². The lowest BCUT2D eigenvalue weighted by Crippen LogP contribution is -2.26. The fourth-order valence-corrected chi connectivity index (χ4v) is 12.1. The standard InChI is InChI=1S/C63H42N2S/c1-5-18-43(19-6-1)45-20-17-27-51(40-45)65(49-25-11-4-12-26-49)52-37-39-55-59(42-52)63(61-56-29-14-16-31-60(56)66-62(55)61)57-30-15-13-28-53(57)54-38-34-46(41-58(54)63)44-32-35-50(36-33-44)64(47-21-7-2-8-22-47)48-23-9-3-10-24-48/h1-42H. The molecular formula is C63H42N2S. The van der Waals surface area contributed by atoms with Crippen LogP contribution in [0.2, 0.25) is 0 Å². The number of anilines is 6. The third-order valence-electron chi connectivity index (χ3n) is 13.6. The van der Waals surface area contributed by atoms with Gasteiger partial charge in [0.2, 0.25) is 0 Å². The molecule has 1 atom stereocenters. The molecule has 2 aliphatic carbocycles. The summed E-state index contributed by atoms with van der Waals surface area (Å²) in [7, 11) is 0. The predicted molar refractivity (Wildman–Crippen MR) is 278 cm³/mol. The molecule has 1 spiro atoms. The normalized spacial score (nSPS) is 14.1. The van der Waals surface area contributed by atoms with Crippen molar-refractivity contribution in [2.45, 2.75) is 5.41 Å². The van der Waals surface area contributed by atoms with E-state index in [1.807, 2.05) is 11.3 Å². The maximum absolute atomic E-state index is 2.51. The zero-order valence-electron chi connectivity index (χ0n) is 36.1. The zero-order valence-corrected chi connectivity index (χ0v) is 36.9. The van der Waals surface area contributed by atoms with Gasteiger partial charge in [0.05, 0.1) is 5.41 Å². The van der Waals surface area contributed by atoms with E-state index in [0.717, 1.165) is 34.1 Å². The minimum Gasteiger partial charge on any atom is -0.311 e. The van der Waals surface area contributed by atoms with Gasteiger partial charge in [0.1, 0.15) is 0 Å². The summed E-state index contributed by atoms with van der Waals surface area (Å²) in [5.41, 5.74) is 20.2. The Morgan fingerprint density at radius 2 is 0.742 bits per heavy atom. The number of nitrogens with zero attached hydrogens (tertiary/aromatic N) is 2. The number of fused-ring (bicyclic) bond motifs is 12. The summed E-state index contributed by atoms with van der Waals surface area (Å²) in [6.45, 7) is 0. The Morgan fingerprint density at radius 1 is 0.288 bits per heavy atom. The molecule has 0 bridgehead atoms. The first-order valence-corrected chi connectivity index (χ1v) is 23.5. The molecule has 0 N–H and O–H groups in total. The molecule has 2 aliphatic rings. The van der Waals surface area contributed by atoms with Gasteiger partial charge in [-0.25, -0.2) is 0 Å². The fourth-order valence-electron chi connectivity index (χ4n) is 10.8. The lowest BCUT2D eigenvalue weighted by atomic mass is 9.69. The van der Waals surface area contributed by atoms with Crippen LogP contribution in [0.15, 0.2) is 255 Å². The van der Waals surface area contributed by atoms with Gasteiger partial charge < -0.3 is 9.80 Å². The van der Waals surface area contributed by atoms with Crippen LogP contribution >= 0.6 is 11.3 Å². The molecule has 1 unspecified atom stereocenters. The van der Waals surface area contributed by atoms with Crippen LogP contribution in [-0.4, -0.2) is 0 Å².